The summed E-state index contributed by atoms with van der Waals surface area (Å²) in [5.74, 6) is 0.973. The molecule has 2 aromatic rings. The Bertz CT molecular complexity index is 333. The summed E-state index contributed by atoms with van der Waals surface area (Å²) in [4.78, 5) is 7.40. The number of rotatable bonds is 0. The zero-order valence-corrected chi connectivity index (χ0v) is 13.3. The normalized spacial score (nSPS) is 7.00. The first-order valence-electron chi connectivity index (χ1n) is 3.27. The smallest absolute Gasteiger partial charge is 1.00 e. The number of aryl methyl sites for hydroxylation is 1. The van der Waals surface area contributed by atoms with Crippen LogP contribution >= 0.6 is 0 Å². The van der Waals surface area contributed by atoms with Gasteiger partial charge in [-0.2, -0.15) is 0 Å². The molecule has 0 aliphatic heterocycles. The molecule has 0 atom stereocenters. The number of aromatic nitrogens is 2. The van der Waals surface area contributed by atoms with E-state index in [-0.39, 0.29) is 75.8 Å². The largest absolute Gasteiger partial charge is 4.00 e. The van der Waals surface area contributed by atoms with Crippen molar-refractivity contribution in [3.8, 4) is 0 Å². The average Bonchev–Trinajstić information content (AvgIpc) is 2.27. The molecule has 2 nitrogen and oxygen atoms in total. The molecule has 0 radical (unpaired) electrons. The van der Waals surface area contributed by atoms with E-state index in [1.165, 1.54) is 0 Å². The van der Waals surface area contributed by atoms with E-state index in [0.717, 1.165) is 16.9 Å². The van der Waals surface area contributed by atoms with E-state index < -0.39 is 0 Å². The van der Waals surface area contributed by atoms with Crippen LogP contribution in [0.2, 0.25) is 0 Å². The number of nitrogens with zero attached hydrogens (tertiary/aromatic N) is 1. The number of nitrogens with one attached hydrogen (secondary N) is 1. The fraction of sp³-hybridized carbons (Fsp3) is 0.125. The molecule has 1 aromatic carbocycles. The monoisotopic (exact) mass is 362 g/mol. The topological polar surface area (TPSA) is 28.7 Å². The summed E-state index contributed by atoms with van der Waals surface area (Å²) < 4.78 is 0. The van der Waals surface area contributed by atoms with Crippen molar-refractivity contribution in [2.75, 3.05) is 0 Å². The Morgan fingerprint density at radius 1 is 1.00 bits per heavy atom. The molecule has 0 fully saturated rings. The number of hydrogen-bond acceptors (Lipinski definition) is 1. The van der Waals surface area contributed by atoms with Crippen molar-refractivity contribution in [3.05, 3.63) is 30.1 Å². The number of fused-ring (bicyclic) bond motifs is 1. The maximum absolute atomic E-state index is 4.26. The van der Waals surface area contributed by atoms with Gasteiger partial charge in [-0.3, -0.25) is 0 Å². The van der Waals surface area contributed by atoms with Crippen LogP contribution in [-0.4, -0.2) is 9.97 Å². The van der Waals surface area contributed by atoms with Gasteiger partial charge in [0, 0.05) is 0 Å². The molecule has 82 valence electrons. The van der Waals surface area contributed by atoms with Crippen molar-refractivity contribution in [2.24, 2.45) is 0 Å². The van der Waals surface area contributed by atoms with Gasteiger partial charge >= 0.3 is 26.2 Å². The zero-order chi connectivity index (χ0) is 6.97. The number of imidazole rings is 1. The quantitative estimate of drug-likeness (QED) is 0.494. The second-order valence-corrected chi connectivity index (χ2v) is 2.34. The molecule has 0 saturated heterocycles. The van der Waals surface area contributed by atoms with Gasteiger partial charge in [-0.05, 0) is 19.1 Å². The van der Waals surface area contributed by atoms with E-state index in [2.05, 4.69) is 9.97 Å². The van der Waals surface area contributed by atoms with Crippen molar-refractivity contribution >= 4 is 11.0 Å². The first-order valence-corrected chi connectivity index (χ1v) is 3.27. The minimum Gasteiger partial charge on any atom is -1.00 e. The molecule has 1 aromatic heterocycles. The molecular weight excluding hydrogens is 357 g/mol. The number of hydrogen-bond donors (Lipinski definition) is 1. The molecule has 0 amide bonds. The summed E-state index contributed by atoms with van der Waals surface area (Å²) >= 11 is 0. The summed E-state index contributed by atoms with van der Waals surface area (Å²) in [7, 11) is 0. The molecule has 1 N–H and O–H groups in total. The van der Waals surface area contributed by atoms with Gasteiger partial charge in [0.25, 0.3) is 0 Å². The molecule has 0 bridgehead atoms. The van der Waals surface area contributed by atoms with Crippen molar-refractivity contribution in [1.82, 2.24) is 9.97 Å². The first-order chi connectivity index (χ1) is 4.86. The van der Waals surface area contributed by atoms with Gasteiger partial charge in [0.05, 0.1) is 11.0 Å². The maximum Gasteiger partial charge on any atom is 4.00 e. The minimum absolute atomic E-state index is 0. The van der Waals surface area contributed by atoms with E-state index in [9.17, 15) is 0 Å². The van der Waals surface area contributed by atoms with Crippen molar-refractivity contribution < 1.29 is 75.8 Å². The Labute approximate surface area is 133 Å². The van der Waals surface area contributed by atoms with Crippen molar-refractivity contribution in [3.63, 3.8) is 0 Å². The van der Waals surface area contributed by atoms with Crippen LogP contribution in [0, 0.1) is 6.92 Å². The average molecular weight is 365 g/mol. The number of para-hydroxylation sites is 2. The third kappa shape index (κ3) is 6.13. The van der Waals surface area contributed by atoms with Gasteiger partial charge in [-0.1, -0.05) is 12.1 Å². The van der Waals surface area contributed by atoms with Crippen molar-refractivity contribution in [2.45, 2.75) is 6.92 Å². The van der Waals surface area contributed by atoms with E-state index in [1.54, 1.807) is 0 Å². The SMILES string of the molecule is Cc1nc2ccccc2[nH]1.[Cl-].[Cl-].[Cl-].[Cl-].[Zr+4]. The van der Waals surface area contributed by atoms with Crippen LogP contribution in [0.3, 0.4) is 0 Å². The zero-order valence-electron chi connectivity index (χ0n) is 7.77. The Hall–Kier alpha value is 0.733. The molecule has 7 heteroatoms. The molecule has 0 spiro atoms. The molecule has 15 heavy (non-hydrogen) atoms. The van der Waals surface area contributed by atoms with Gasteiger partial charge in [0.1, 0.15) is 5.82 Å². The summed E-state index contributed by atoms with van der Waals surface area (Å²) in [6.07, 6.45) is 0. The molecular formula is C8H8Cl4N2Zr. The predicted octanol–water partition coefficient (Wildman–Crippen LogP) is -10.1. The standard InChI is InChI=1S/C8H8N2.4ClH.Zr/c1-6-9-7-4-2-3-5-8(7)10-6;;;;;/h2-5H,1H3,(H,9,10);4*1H;/q;;;;;+4/p-4. The fourth-order valence-electron chi connectivity index (χ4n) is 1.08. The van der Waals surface area contributed by atoms with Crippen LogP contribution in [0.5, 0.6) is 0 Å². The number of benzene rings is 1. The third-order valence-electron chi connectivity index (χ3n) is 1.51. The maximum atomic E-state index is 4.26. The van der Waals surface area contributed by atoms with Crippen LogP contribution in [0.15, 0.2) is 24.3 Å². The van der Waals surface area contributed by atoms with E-state index in [4.69, 9.17) is 0 Å². The van der Waals surface area contributed by atoms with Gasteiger partial charge < -0.3 is 54.6 Å². The van der Waals surface area contributed by atoms with Gasteiger partial charge in [0.2, 0.25) is 0 Å². The first kappa shape index (κ1) is 24.8. The van der Waals surface area contributed by atoms with Crippen LogP contribution in [0.1, 0.15) is 5.82 Å². The van der Waals surface area contributed by atoms with Gasteiger partial charge in [-0.25, -0.2) is 4.98 Å². The van der Waals surface area contributed by atoms with E-state index in [1.807, 2.05) is 31.2 Å². The number of H-pyrrole nitrogens is 1. The Kier molecular flexibility index (Phi) is 18.6. The second kappa shape index (κ2) is 11.2. The predicted molar refractivity (Wildman–Crippen MR) is 40.8 cm³/mol. The molecule has 0 unspecified atom stereocenters. The third-order valence-corrected chi connectivity index (χ3v) is 1.51. The fourth-order valence-corrected chi connectivity index (χ4v) is 1.08. The van der Waals surface area contributed by atoms with Crippen LogP contribution in [-0.2, 0) is 26.2 Å². The molecule has 2 rings (SSSR count). The van der Waals surface area contributed by atoms with Crippen LogP contribution in [0.25, 0.3) is 11.0 Å². The van der Waals surface area contributed by atoms with Crippen molar-refractivity contribution in [1.29, 1.82) is 0 Å². The minimum atomic E-state index is 0. The summed E-state index contributed by atoms with van der Waals surface area (Å²) in [5.41, 5.74) is 2.15. The second-order valence-electron chi connectivity index (χ2n) is 2.34. The Balaban J connectivity index is -0.000000121. The van der Waals surface area contributed by atoms with Crippen LogP contribution in [0.4, 0.5) is 0 Å². The summed E-state index contributed by atoms with van der Waals surface area (Å²) in [5, 5.41) is 0. The van der Waals surface area contributed by atoms with Crippen LogP contribution < -0.4 is 49.6 Å². The Morgan fingerprint density at radius 2 is 1.53 bits per heavy atom. The van der Waals surface area contributed by atoms with E-state index in [0.29, 0.717) is 0 Å². The number of aromatic amines is 1. The number of halogens is 4. The van der Waals surface area contributed by atoms with E-state index >= 15 is 0 Å². The Morgan fingerprint density at radius 3 is 2.07 bits per heavy atom. The molecule has 0 aliphatic rings. The van der Waals surface area contributed by atoms with Gasteiger partial charge in [-0.15, -0.1) is 0 Å². The molecule has 0 saturated carbocycles. The molecule has 0 aliphatic carbocycles. The van der Waals surface area contributed by atoms with Gasteiger partial charge in [0.15, 0.2) is 0 Å². The molecule has 1 heterocycles. The summed E-state index contributed by atoms with van der Waals surface area (Å²) in [6.45, 7) is 1.96. The summed E-state index contributed by atoms with van der Waals surface area (Å²) in [6, 6.07) is 8.01.